The Morgan fingerprint density at radius 2 is 2.31 bits per heavy atom. The first-order valence-electron chi connectivity index (χ1n) is 3.51. The molecule has 0 bridgehead atoms. The molecule has 0 amide bonds. The van der Waals surface area contributed by atoms with Crippen molar-refractivity contribution < 1.29 is 18.3 Å². The van der Waals surface area contributed by atoms with Gasteiger partial charge in [-0.3, -0.25) is 9.78 Å². The van der Waals surface area contributed by atoms with Gasteiger partial charge in [0.1, 0.15) is 11.4 Å². The van der Waals surface area contributed by atoms with Gasteiger partial charge in [0.05, 0.1) is 0 Å². The normalized spacial score (nSPS) is 10.2. The highest BCUT2D eigenvalue weighted by molar-refractivity contribution is 5.92. The summed E-state index contributed by atoms with van der Waals surface area (Å²) in [7, 11) is 0. The molecule has 1 heterocycles. The Hall–Kier alpha value is -1.52. The lowest BCUT2D eigenvalue weighted by molar-refractivity contribution is -0.0499. The van der Waals surface area contributed by atoms with E-state index >= 15 is 0 Å². The largest absolute Gasteiger partial charge is 0.435 e. The zero-order valence-corrected chi connectivity index (χ0v) is 6.83. The monoisotopic (exact) mass is 187 g/mol. The van der Waals surface area contributed by atoms with E-state index < -0.39 is 6.61 Å². The zero-order chi connectivity index (χ0) is 9.84. The first kappa shape index (κ1) is 9.57. The maximum Gasteiger partial charge on any atom is 0.387 e. The maximum atomic E-state index is 11.7. The van der Waals surface area contributed by atoms with E-state index in [1.807, 2.05) is 0 Å². The molecule has 13 heavy (non-hydrogen) atoms. The lowest BCUT2D eigenvalue weighted by atomic mass is 10.3. The Labute approximate surface area is 73.4 Å². The molecule has 0 unspecified atom stereocenters. The number of ketones is 1. The van der Waals surface area contributed by atoms with E-state index in [-0.39, 0.29) is 17.2 Å². The number of carbonyl (C=O) groups excluding carboxylic acids is 1. The van der Waals surface area contributed by atoms with Crippen molar-refractivity contribution in [3.8, 4) is 5.75 Å². The van der Waals surface area contributed by atoms with Gasteiger partial charge in [-0.1, -0.05) is 0 Å². The number of aromatic nitrogens is 1. The molecule has 0 radical (unpaired) electrons. The molecule has 0 aliphatic rings. The van der Waals surface area contributed by atoms with Gasteiger partial charge in [0.25, 0.3) is 0 Å². The number of alkyl halides is 2. The third-order valence-corrected chi connectivity index (χ3v) is 1.32. The summed E-state index contributed by atoms with van der Waals surface area (Å²) in [5, 5.41) is 0. The summed E-state index contributed by atoms with van der Waals surface area (Å²) < 4.78 is 27.5. The van der Waals surface area contributed by atoms with Gasteiger partial charge in [0.2, 0.25) is 0 Å². The SMILES string of the molecule is CC(=O)c1cc(OC(F)F)ccn1. The maximum absolute atomic E-state index is 11.7. The number of ether oxygens (including phenoxy) is 1. The Balaban J connectivity index is 2.85. The molecule has 0 aliphatic carbocycles. The predicted octanol–water partition coefficient (Wildman–Crippen LogP) is 1.89. The van der Waals surface area contributed by atoms with Crippen molar-refractivity contribution >= 4 is 5.78 Å². The minimum absolute atomic E-state index is 0.0600. The number of nitrogens with zero attached hydrogens (tertiary/aromatic N) is 1. The standard InChI is InChI=1S/C8H7F2NO2/c1-5(12)7-4-6(2-3-11-7)13-8(9)10/h2-4,8H,1H3. The van der Waals surface area contributed by atoms with Gasteiger partial charge < -0.3 is 4.74 Å². The van der Waals surface area contributed by atoms with Crippen molar-refractivity contribution in [2.45, 2.75) is 13.5 Å². The molecular weight excluding hydrogens is 180 g/mol. The molecule has 0 N–H and O–H groups in total. The fourth-order valence-electron chi connectivity index (χ4n) is 0.780. The Kier molecular flexibility index (Phi) is 2.89. The summed E-state index contributed by atoms with van der Waals surface area (Å²) >= 11 is 0. The summed E-state index contributed by atoms with van der Waals surface area (Å²) in [6.07, 6.45) is 1.24. The number of carbonyl (C=O) groups is 1. The summed E-state index contributed by atoms with van der Waals surface area (Å²) in [5.41, 5.74) is 0.109. The molecule has 3 nitrogen and oxygen atoms in total. The fourth-order valence-corrected chi connectivity index (χ4v) is 0.780. The summed E-state index contributed by atoms with van der Waals surface area (Å²) in [5.74, 6) is -0.352. The molecule has 1 aromatic rings. The van der Waals surface area contributed by atoms with Crippen LogP contribution in [0.3, 0.4) is 0 Å². The molecule has 1 rings (SSSR count). The number of Topliss-reactive ketones (excluding diaryl/α,β-unsaturated/α-hetero) is 1. The van der Waals surface area contributed by atoms with Gasteiger partial charge in [-0.2, -0.15) is 8.78 Å². The highest BCUT2D eigenvalue weighted by atomic mass is 19.3. The number of pyridine rings is 1. The van der Waals surface area contributed by atoms with E-state index in [1.54, 1.807) is 0 Å². The predicted molar refractivity (Wildman–Crippen MR) is 40.9 cm³/mol. The zero-order valence-electron chi connectivity index (χ0n) is 6.83. The molecule has 1 aromatic heterocycles. The van der Waals surface area contributed by atoms with Crippen LogP contribution >= 0.6 is 0 Å². The van der Waals surface area contributed by atoms with Crippen LogP contribution in [0.25, 0.3) is 0 Å². The fraction of sp³-hybridized carbons (Fsp3) is 0.250. The van der Waals surface area contributed by atoms with Crippen LogP contribution in [0.4, 0.5) is 8.78 Å². The molecular formula is C8H7F2NO2. The van der Waals surface area contributed by atoms with Crippen molar-refractivity contribution in [2.24, 2.45) is 0 Å². The van der Waals surface area contributed by atoms with E-state index in [0.717, 1.165) is 0 Å². The second-order valence-electron chi connectivity index (χ2n) is 2.31. The van der Waals surface area contributed by atoms with Crippen LogP contribution in [0, 0.1) is 0 Å². The van der Waals surface area contributed by atoms with Crippen LogP contribution in [-0.2, 0) is 0 Å². The van der Waals surface area contributed by atoms with Gasteiger partial charge in [0, 0.05) is 19.2 Å². The van der Waals surface area contributed by atoms with E-state index in [1.165, 1.54) is 25.3 Å². The minimum Gasteiger partial charge on any atom is -0.435 e. The quantitative estimate of drug-likeness (QED) is 0.678. The van der Waals surface area contributed by atoms with Crippen LogP contribution in [-0.4, -0.2) is 17.4 Å². The van der Waals surface area contributed by atoms with E-state index in [4.69, 9.17) is 0 Å². The van der Waals surface area contributed by atoms with Gasteiger partial charge >= 0.3 is 6.61 Å². The number of hydrogen-bond acceptors (Lipinski definition) is 3. The van der Waals surface area contributed by atoms with E-state index in [0.29, 0.717) is 0 Å². The van der Waals surface area contributed by atoms with Crippen LogP contribution in [0.15, 0.2) is 18.3 Å². The Morgan fingerprint density at radius 3 is 2.85 bits per heavy atom. The average molecular weight is 187 g/mol. The topological polar surface area (TPSA) is 39.2 Å². The van der Waals surface area contributed by atoms with E-state index in [9.17, 15) is 13.6 Å². The highest BCUT2D eigenvalue weighted by Gasteiger charge is 2.06. The van der Waals surface area contributed by atoms with Crippen LogP contribution in [0.2, 0.25) is 0 Å². The molecule has 70 valence electrons. The highest BCUT2D eigenvalue weighted by Crippen LogP contribution is 2.13. The molecule has 0 atom stereocenters. The van der Waals surface area contributed by atoms with Crippen molar-refractivity contribution in [3.05, 3.63) is 24.0 Å². The summed E-state index contributed by atoms with van der Waals surface area (Å²) in [6.45, 7) is -1.59. The van der Waals surface area contributed by atoms with Crippen LogP contribution < -0.4 is 4.74 Å². The number of hydrogen-bond donors (Lipinski definition) is 0. The smallest absolute Gasteiger partial charge is 0.387 e. The summed E-state index contributed by atoms with van der Waals surface area (Å²) in [4.78, 5) is 14.4. The van der Waals surface area contributed by atoms with Gasteiger partial charge in [-0.15, -0.1) is 0 Å². The molecule has 0 saturated carbocycles. The lowest BCUT2D eigenvalue weighted by Crippen LogP contribution is -2.04. The molecule has 0 aromatic carbocycles. The molecule has 0 spiro atoms. The van der Waals surface area contributed by atoms with Gasteiger partial charge in [-0.25, -0.2) is 0 Å². The Morgan fingerprint density at radius 1 is 1.62 bits per heavy atom. The first-order chi connectivity index (χ1) is 6.09. The third kappa shape index (κ3) is 2.77. The van der Waals surface area contributed by atoms with Crippen molar-refractivity contribution in [3.63, 3.8) is 0 Å². The lowest BCUT2D eigenvalue weighted by Gasteiger charge is -2.03. The second-order valence-corrected chi connectivity index (χ2v) is 2.31. The summed E-state index contributed by atoms with van der Waals surface area (Å²) in [6, 6.07) is 2.44. The van der Waals surface area contributed by atoms with Crippen molar-refractivity contribution in [1.29, 1.82) is 0 Å². The van der Waals surface area contributed by atoms with E-state index in [2.05, 4.69) is 9.72 Å². The molecule has 0 fully saturated rings. The Bertz CT molecular complexity index is 315. The number of rotatable bonds is 3. The third-order valence-electron chi connectivity index (χ3n) is 1.32. The molecule has 0 saturated heterocycles. The average Bonchev–Trinajstić information content (AvgIpc) is 2.03. The van der Waals surface area contributed by atoms with Crippen LogP contribution in [0.5, 0.6) is 5.75 Å². The minimum atomic E-state index is -2.89. The van der Waals surface area contributed by atoms with Crippen molar-refractivity contribution in [1.82, 2.24) is 4.98 Å². The molecule has 5 heteroatoms. The van der Waals surface area contributed by atoms with Crippen LogP contribution in [0.1, 0.15) is 17.4 Å². The number of halogens is 2. The second kappa shape index (κ2) is 3.93. The first-order valence-corrected chi connectivity index (χ1v) is 3.51. The van der Waals surface area contributed by atoms with Gasteiger partial charge in [0.15, 0.2) is 5.78 Å². The van der Waals surface area contributed by atoms with Crippen molar-refractivity contribution in [2.75, 3.05) is 0 Å². The molecule has 0 aliphatic heterocycles. The van der Waals surface area contributed by atoms with Gasteiger partial charge in [-0.05, 0) is 6.07 Å².